The Labute approximate surface area is 55.1 Å². The van der Waals surface area contributed by atoms with E-state index in [2.05, 4.69) is 4.99 Å². The van der Waals surface area contributed by atoms with E-state index in [0.717, 1.165) is 0 Å². The number of hydrogen-bond donors (Lipinski definition) is 3. The maximum absolute atomic E-state index is 5.23. The lowest BCUT2D eigenvalue weighted by Gasteiger charge is -1.96. The molecule has 0 unspecified atom stereocenters. The van der Waals surface area contributed by atoms with E-state index in [1.54, 1.807) is 6.21 Å². The largest absolute Gasteiger partial charge is 0.329 e. The molecule has 0 aliphatic heterocycles. The molecule has 0 amide bonds. The molecule has 0 heterocycles. The third kappa shape index (κ3) is 7.55. The summed E-state index contributed by atoms with van der Waals surface area (Å²) < 4.78 is 0. The second-order valence-corrected chi connectivity index (χ2v) is 1.78. The van der Waals surface area contributed by atoms with E-state index in [4.69, 9.17) is 17.2 Å². The van der Waals surface area contributed by atoms with Gasteiger partial charge in [-0.25, -0.2) is 0 Å². The van der Waals surface area contributed by atoms with Crippen LogP contribution >= 0.6 is 0 Å². The first-order valence-electron chi connectivity index (χ1n) is 2.97. The summed E-state index contributed by atoms with van der Waals surface area (Å²) in [5.74, 6) is 0. The Hall–Kier alpha value is -0.450. The van der Waals surface area contributed by atoms with Crippen LogP contribution in [-0.4, -0.2) is 25.5 Å². The van der Waals surface area contributed by atoms with Crippen molar-refractivity contribution in [2.24, 2.45) is 22.2 Å². The molecule has 0 aromatic heterocycles. The summed E-state index contributed by atoms with van der Waals surface area (Å²) in [5.41, 5.74) is 15.6. The maximum atomic E-state index is 5.23. The molecular weight excluding hydrogens is 116 g/mol. The van der Waals surface area contributed by atoms with Crippen LogP contribution in [0.4, 0.5) is 0 Å². The van der Waals surface area contributed by atoms with Crippen LogP contribution in [0.3, 0.4) is 0 Å². The molecule has 0 atom stereocenters. The van der Waals surface area contributed by atoms with Crippen molar-refractivity contribution in [2.75, 3.05) is 13.1 Å². The predicted octanol–water partition coefficient (Wildman–Crippen LogP) is -1.35. The Morgan fingerprint density at radius 1 is 1.44 bits per heavy atom. The monoisotopic (exact) mass is 130 g/mol. The van der Waals surface area contributed by atoms with E-state index in [-0.39, 0.29) is 6.17 Å². The van der Waals surface area contributed by atoms with Gasteiger partial charge in [-0.2, -0.15) is 0 Å². The average molecular weight is 130 g/mol. The number of nitrogens with two attached hydrogens (primary N) is 3. The minimum atomic E-state index is -0.286. The van der Waals surface area contributed by atoms with Crippen molar-refractivity contribution in [3.8, 4) is 0 Å². The summed E-state index contributed by atoms with van der Waals surface area (Å²) in [7, 11) is 0. The maximum Gasteiger partial charge on any atom is 0.0571 e. The Bertz CT molecular complexity index is 79.0. The highest BCUT2D eigenvalue weighted by Gasteiger charge is 1.86. The molecular formula is C5H14N4. The Morgan fingerprint density at radius 3 is 2.56 bits per heavy atom. The zero-order valence-electron chi connectivity index (χ0n) is 5.46. The van der Waals surface area contributed by atoms with Crippen molar-refractivity contribution in [3.05, 3.63) is 0 Å². The predicted molar refractivity (Wildman–Crippen MR) is 39.2 cm³/mol. The van der Waals surface area contributed by atoms with Crippen LogP contribution in [0, 0.1) is 0 Å². The van der Waals surface area contributed by atoms with E-state index in [0.29, 0.717) is 19.5 Å². The number of nitrogens with zero attached hydrogens (tertiary/aromatic N) is 1. The summed E-state index contributed by atoms with van der Waals surface area (Å²) in [4.78, 5) is 3.92. The Balaban J connectivity index is 3.04. The van der Waals surface area contributed by atoms with Gasteiger partial charge in [0.1, 0.15) is 0 Å². The summed E-state index contributed by atoms with van der Waals surface area (Å²) >= 11 is 0. The van der Waals surface area contributed by atoms with Gasteiger partial charge in [0, 0.05) is 19.2 Å². The van der Waals surface area contributed by atoms with E-state index in [1.165, 1.54) is 0 Å². The van der Waals surface area contributed by atoms with Crippen LogP contribution in [0.1, 0.15) is 6.42 Å². The smallest absolute Gasteiger partial charge is 0.0571 e. The van der Waals surface area contributed by atoms with Gasteiger partial charge < -0.3 is 17.2 Å². The van der Waals surface area contributed by atoms with Gasteiger partial charge in [-0.1, -0.05) is 0 Å². The SMILES string of the molecule is NCCN=CCC(N)N. The van der Waals surface area contributed by atoms with Gasteiger partial charge in [0.2, 0.25) is 0 Å². The van der Waals surface area contributed by atoms with Crippen molar-refractivity contribution in [1.82, 2.24) is 0 Å². The molecule has 0 aliphatic carbocycles. The van der Waals surface area contributed by atoms with Gasteiger partial charge in [0.15, 0.2) is 0 Å². The summed E-state index contributed by atoms with van der Waals surface area (Å²) in [5, 5.41) is 0. The molecule has 0 aromatic rings. The lowest BCUT2D eigenvalue weighted by Crippen LogP contribution is -2.30. The molecule has 0 aliphatic rings. The van der Waals surface area contributed by atoms with Gasteiger partial charge in [-0.15, -0.1) is 0 Å². The van der Waals surface area contributed by atoms with Gasteiger partial charge in [-0.3, -0.25) is 4.99 Å². The summed E-state index contributed by atoms with van der Waals surface area (Å²) in [6, 6.07) is 0. The van der Waals surface area contributed by atoms with E-state index in [1.807, 2.05) is 0 Å². The molecule has 0 rings (SSSR count). The van der Waals surface area contributed by atoms with Crippen LogP contribution in [0.25, 0.3) is 0 Å². The third-order valence-electron chi connectivity index (χ3n) is 0.765. The first kappa shape index (κ1) is 8.55. The topological polar surface area (TPSA) is 90.4 Å². The van der Waals surface area contributed by atoms with Crippen molar-refractivity contribution in [1.29, 1.82) is 0 Å². The highest BCUT2D eigenvalue weighted by molar-refractivity contribution is 5.57. The van der Waals surface area contributed by atoms with Crippen molar-refractivity contribution >= 4 is 6.21 Å². The summed E-state index contributed by atoms with van der Waals surface area (Å²) in [6.45, 7) is 1.24. The Morgan fingerprint density at radius 2 is 2.11 bits per heavy atom. The van der Waals surface area contributed by atoms with Gasteiger partial charge in [0.25, 0.3) is 0 Å². The lowest BCUT2D eigenvalue weighted by atomic mass is 10.4. The molecule has 4 nitrogen and oxygen atoms in total. The van der Waals surface area contributed by atoms with E-state index in [9.17, 15) is 0 Å². The zero-order valence-corrected chi connectivity index (χ0v) is 5.46. The third-order valence-corrected chi connectivity index (χ3v) is 0.765. The van der Waals surface area contributed by atoms with Crippen LogP contribution < -0.4 is 17.2 Å². The zero-order chi connectivity index (χ0) is 7.11. The second-order valence-electron chi connectivity index (χ2n) is 1.78. The molecule has 0 saturated carbocycles. The molecule has 0 spiro atoms. The highest BCUT2D eigenvalue weighted by Crippen LogP contribution is 1.73. The minimum absolute atomic E-state index is 0.286. The molecule has 6 N–H and O–H groups in total. The minimum Gasteiger partial charge on any atom is -0.329 e. The first-order chi connectivity index (χ1) is 4.27. The molecule has 0 saturated heterocycles. The van der Waals surface area contributed by atoms with Crippen LogP contribution in [-0.2, 0) is 0 Å². The number of hydrogen-bond acceptors (Lipinski definition) is 4. The first-order valence-corrected chi connectivity index (χ1v) is 2.97. The fourth-order valence-electron chi connectivity index (χ4n) is 0.362. The normalized spacial score (nSPS) is 11.6. The molecule has 0 fully saturated rings. The second kappa shape index (κ2) is 5.68. The molecule has 0 bridgehead atoms. The average Bonchev–Trinajstić information content (AvgIpc) is 1.80. The molecule has 9 heavy (non-hydrogen) atoms. The molecule has 4 heteroatoms. The van der Waals surface area contributed by atoms with Gasteiger partial charge in [0.05, 0.1) is 12.7 Å². The van der Waals surface area contributed by atoms with Crippen LogP contribution in [0.2, 0.25) is 0 Å². The quantitative estimate of drug-likeness (QED) is 0.324. The van der Waals surface area contributed by atoms with Gasteiger partial charge in [-0.05, 0) is 0 Å². The highest BCUT2D eigenvalue weighted by atomic mass is 14.9. The number of aliphatic imine (C=N–C) groups is 1. The van der Waals surface area contributed by atoms with Crippen molar-refractivity contribution < 1.29 is 0 Å². The molecule has 0 aromatic carbocycles. The van der Waals surface area contributed by atoms with Crippen molar-refractivity contribution in [3.63, 3.8) is 0 Å². The lowest BCUT2D eigenvalue weighted by molar-refractivity contribution is 0.744. The number of rotatable bonds is 4. The van der Waals surface area contributed by atoms with Crippen LogP contribution in [0.5, 0.6) is 0 Å². The van der Waals surface area contributed by atoms with Crippen molar-refractivity contribution in [2.45, 2.75) is 12.6 Å². The Kier molecular flexibility index (Phi) is 5.40. The fraction of sp³-hybridized carbons (Fsp3) is 0.800. The molecule has 0 radical (unpaired) electrons. The summed E-state index contributed by atoms with van der Waals surface area (Å²) in [6.07, 6.45) is 2.05. The van der Waals surface area contributed by atoms with E-state index < -0.39 is 0 Å². The standard InChI is InChI=1S/C5H14N4/c6-2-4-9-3-1-5(7)8/h3,5H,1-2,4,6-8H2. The molecule has 54 valence electrons. The van der Waals surface area contributed by atoms with Gasteiger partial charge >= 0.3 is 0 Å². The van der Waals surface area contributed by atoms with E-state index >= 15 is 0 Å². The van der Waals surface area contributed by atoms with Crippen LogP contribution in [0.15, 0.2) is 4.99 Å². The fourth-order valence-corrected chi connectivity index (χ4v) is 0.362.